The molecule has 2 aromatic carbocycles. The van der Waals surface area contributed by atoms with E-state index in [9.17, 15) is 9.59 Å². The molecule has 6 heteroatoms. The Hall–Kier alpha value is -2.70. The molecule has 0 saturated heterocycles. The summed E-state index contributed by atoms with van der Waals surface area (Å²) in [7, 11) is 0. The summed E-state index contributed by atoms with van der Waals surface area (Å²) < 4.78 is 0. The first-order valence-corrected chi connectivity index (χ1v) is 7.29. The van der Waals surface area contributed by atoms with E-state index < -0.39 is 5.91 Å². The van der Waals surface area contributed by atoms with Crippen LogP contribution in [0.2, 0.25) is 0 Å². The Morgan fingerprint density at radius 3 is 2.70 bits per heavy atom. The van der Waals surface area contributed by atoms with E-state index in [1.165, 1.54) is 0 Å². The molecule has 3 rings (SSSR count). The van der Waals surface area contributed by atoms with Gasteiger partial charge in [0.15, 0.2) is 0 Å². The molecule has 0 fully saturated rings. The molecule has 0 radical (unpaired) electrons. The molecule has 2 amide bonds. The van der Waals surface area contributed by atoms with Gasteiger partial charge >= 0.3 is 0 Å². The van der Waals surface area contributed by atoms with Crippen LogP contribution in [0.3, 0.4) is 0 Å². The van der Waals surface area contributed by atoms with Crippen molar-refractivity contribution >= 4 is 17.5 Å². The number of anilines is 1. The smallest absolute Gasteiger partial charge is 0.274 e. The maximum absolute atomic E-state index is 12.0. The summed E-state index contributed by atoms with van der Waals surface area (Å²) in [6.07, 6.45) is 0. The van der Waals surface area contributed by atoms with E-state index in [1.807, 2.05) is 35.2 Å². The molecule has 0 bridgehead atoms. The third-order valence-electron chi connectivity index (χ3n) is 3.75. The van der Waals surface area contributed by atoms with Crippen LogP contribution in [-0.2, 0) is 17.9 Å². The Balaban J connectivity index is 1.86. The molecule has 0 spiro atoms. The summed E-state index contributed by atoms with van der Waals surface area (Å²) in [5.74, 6) is -0.656. The van der Waals surface area contributed by atoms with Gasteiger partial charge in [0.25, 0.3) is 5.91 Å². The minimum atomic E-state index is -0.571. The Labute approximate surface area is 133 Å². The first-order chi connectivity index (χ1) is 11.2. The van der Waals surface area contributed by atoms with Crippen molar-refractivity contribution in [3.63, 3.8) is 0 Å². The quantitative estimate of drug-likeness (QED) is 0.596. The first kappa shape index (κ1) is 15.2. The van der Waals surface area contributed by atoms with E-state index in [2.05, 4.69) is 5.32 Å². The average Bonchev–Trinajstić information content (AvgIpc) is 2.71. The molecular formula is C17H17N3O3. The molecule has 0 unspecified atom stereocenters. The number of hydroxylamine groups is 1. The fourth-order valence-electron chi connectivity index (χ4n) is 2.70. The Kier molecular flexibility index (Phi) is 4.36. The molecule has 2 aromatic rings. The van der Waals surface area contributed by atoms with Gasteiger partial charge in [-0.2, -0.15) is 0 Å². The second-order valence-electron chi connectivity index (χ2n) is 5.49. The molecular weight excluding hydrogens is 294 g/mol. The summed E-state index contributed by atoms with van der Waals surface area (Å²) in [6, 6.07) is 14.8. The summed E-state index contributed by atoms with van der Waals surface area (Å²) in [6.45, 7) is 1.46. The van der Waals surface area contributed by atoms with Crippen LogP contribution in [0.4, 0.5) is 5.69 Å². The SMILES string of the molecule is O=C1CN(Cc2ccccc2)Cc2cc(C(=O)NO)ccc2N1. The normalized spacial score (nSPS) is 14.6. The van der Waals surface area contributed by atoms with Crippen LogP contribution >= 0.6 is 0 Å². The lowest BCUT2D eigenvalue weighted by Gasteiger charge is -2.19. The topological polar surface area (TPSA) is 81.7 Å². The summed E-state index contributed by atoms with van der Waals surface area (Å²) in [4.78, 5) is 25.6. The molecule has 6 nitrogen and oxygen atoms in total. The molecule has 0 atom stereocenters. The Morgan fingerprint density at radius 1 is 1.17 bits per heavy atom. The zero-order chi connectivity index (χ0) is 16.2. The zero-order valence-corrected chi connectivity index (χ0v) is 12.5. The van der Waals surface area contributed by atoms with Crippen molar-refractivity contribution in [2.45, 2.75) is 13.1 Å². The van der Waals surface area contributed by atoms with Gasteiger partial charge in [-0.25, -0.2) is 5.48 Å². The number of carbonyl (C=O) groups is 2. The third kappa shape index (κ3) is 3.56. The number of nitrogens with zero attached hydrogens (tertiary/aromatic N) is 1. The zero-order valence-electron chi connectivity index (χ0n) is 12.5. The molecule has 1 aliphatic rings. The van der Waals surface area contributed by atoms with Gasteiger partial charge in [-0.15, -0.1) is 0 Å². The predicted molar refractivity (Wildman–Crippen MR) is 84.9 cm³/mol. The highest BCUT2D eigenvalue weighted by Crippen LogP contribution is 2.23. The van der Waals surface area contributed by atoms with Gasteiger partial charge in [-0.05, 0) is 29.3 Å². The fraction of sp³-hybridized carbons (Fsp3) is 0.176. The van der Waals surface area contributed by atoms with Gasteiger partial charge in [-0.1, -0.05) is 30.3 Å². The second kappa shape index (κ2) is 6.60. The number of hydrogen-bond acceptors (Lipinski definition) is 4. The summed E-state index contributed by atoms with van der Waals surface area (Å²) in [5.41, 5.74) is 4.63. The molecule has 1 aliphatic heterocycles. The van der Waals surface area contributed by atoms with Crippen LogP contribution in [0.25, 0.3) is 0 Å². The highest BCUT2D eigenvalue weighted by Gasteiger charge is 2.20. The highest BCUT2D eigenvalue weighted by molar-refractivity contribution is 5.97. The van der Waals surface area contributed by atoms with E-state index in [-0.39, 0.29) is 12.5 Å². The molecule has 3 N–H and O–H groups in total. The fourth-order valence-corrected chi connectivity index (χ4v) is 2.70. The Morgan fingerprint density at radius 2 is 1.96 bits per heavy atom. The number of fused-ring (bicyclic) bond motifs is 1. The van der Waals surface area contributed by atoms with Gasteiger partial charge in [0, 0.05) is 24.3 Å². The van der Waals surface area contributed by atoms with E-state index in [1.54, 1.807) is 23.7 Å². The van der Waals surface area contributed by atoms with Crippen LogP contribution in [0, 0.1) is 0 Å². The summed E-state index contributed by atoms with van der Waals surface area (Å²) >= 11 is 0. The molecule has 23 heavy (non-hydrogen) atoms. The van der Waals surface area contributed by atoms with Crippen LogP contribution in [0.15, 0.2) is 48.5 Å². The number of benzene rings is 2. The van der Waals surface area contributed by atoms with Crippen molar-refractivity contribution in [3.8, 4) is 0 Å². The third-order valence-corrected chi connectivity index (χ3v) is 3.75. The van der Waals surface area contributed by atoms with Gasteiger partial charge < -0.3 is 5.32 Å². The van der Waals surface area contributed by atoms with E-state index in [4.69, 9.17) is 5.21 Å². The maximum Gasteiger partial charge on any atom is 0.274 e. The lowest BCUT2D eigenvalue weighted by molar-refractivity contribution is -0.117. The van der Waals surface area contributed by atoms with Gasteiger partial charge in [0.1, 0.15) is 0 Å². The van der Waals surface area contributed by atoms with Crippen molar-refractivity contribution in [2.24, 2.45) is 0 Å². The van der Waals surface area contributed by atoms with Crippen LogP contribution in [0.5, 0.6) is 0 Å². The molecule has 0 aliphatic carbocycles. The minimum Gasteiger partial charge on any atom is -0.325 e. The second-order valence-corrected chi connectivity index (χ2v) is 5.49. The van der Waals surface area contributed by atoms with Crippen LogP contribution in [0.1, 0.15) is 21.5 Å². The van der Waals surface area contributed by atoms with Crippen molar-refractivity contribution in [1.29, 1.82) is 0 Å². The summed E-state index contributed by atoms with van der Waals surface area (Å²) in [5, 5.41) is 11.6. The van der Waals surface area contributed by atoms with Crippen LogP contribution < -0.4 is 10.8 Å². The van der Waals surface area contributed by atoms with E-state index in [0.29, 0.717) is 24.3 Å². The van der Waals surface area contributed by atoms with Gasteiger partial charge in [0.2, 0.25) is 5.91 Å². The first-order valence-electron chi connectivity index (χ1n) is 7.29. The number of hydrogen-bond donors (Lipinski definition) is 3. The van der Waals surface area contributed by atoms with Crippen molar-refractivity contribution in [2.75, 3.05) is 11.9 Å². The number of amides is 2. The van der Waals surface area contributed by atoms with Crippen LogP contribution in [-0.4, -0.2) is 28.5 Å². The lowest BCUT2D eigenvalue weighted by atomic mass is 10.1. The Bertz CT molecular complexity index is 731. The number of nitrogens with one attached hydrogen (secondary N) is 2. The molecule has 0 saturated carbocycles. The average molecular weight is 311 g/mol. The molecule has 0 aromatic heterocycles. The molecule has 118 valence electrons. The minimum absolute atomic E-state index is 0.0842. The maximum atomic E-state index is 12.0. The lowest BCUT2D eigenvalue weighted by Crippen LogP contribution is -2.29. The van der Waals surface area contributed by atoms with Gasteiger partial charge in [-0.3, -0.25) is 19.7 Å². The highest BCUT2D eigenvalue weighted by atomic mass is 16.5. The standard InChI is InChI=1S/C17H17N3O3/c21-16-11-20(9-12-4-2-1-3-5-12)10-14-8-13(17(22)19-23)6-7-15(14)18-16/h1-8,23H,9-11H2,(H,18,21)(H,19,22). The van der Waals surface area contributed by atoms with E-state index >= 15 is 0 Å². The van der Waals surface area contributed by atoms with Gasteiger partial charge in [0.05, 0.1) is 6.54 Å². The molecule has 1 heterocycles. The number of rotatable bonds is 3. The van der Waals surface area contributed by atoms with E-state index in [0.717, 1.165) is 11.1 Å². The largest absolute Gasteiger partial charge is 0.325 e. The van der Waals surface area contributed by atoms with Crippen molar-refractivity contribution in [1.82, 2.24) is 10.4 Å². The predicted octanol–water partition coefficient (Wildman–Crippen LogP) is 1.76. The van der Waals surface area contributed by atoms with Crippen molar-refractivity contribution in [3.05, 3.63) is 65.2 Å². The monoisotopic (exact) mass is 311 g/mol. The number of carbonyl (C=O) groups excluding carboxylic acids is 2. The van der Waals surface area contributed by atoms with Crippen molar-refractivity contribution < 1.29 is 14.8 Å².